The van der Waals surface area contributed by atoms with Gasteiger partial charge in [-0.3, -0.25) is 9.48 Å². The molecule has 0 radical (unpaired) electrons. The Morgan fingerprint density at radius 1 is 1.50 bits per heavy atom. The van der Waals surface area contributed by atoms with E-state index < -0.39 is 0 Å². The van der Waals surface area contributed by atoms with Gasteiger partial charge in [0.25, 0.3) is 5.91 Å². The molecule has 22 heavy (non-hydrogen) atoms. The second kappa shape index (κ2) is 7.24. The lowest BCUT2D eigenvalue weighted by atomic mass is 9.79. The molecule has 1 amide bonds. The Bertz CT molecular complexity index is 499. The number of aryl methyl sites for hydroxylation is 1. The van der Waals surface area contributed by atoms with Crippen molar-refractivity contribution >= 4 is 5.91 Å². The first-order chi connectivity index (χ1) is 10.5. The average molecular weight is 308 g/mol. The molecule has 1 saturated heterocycles. The van der Waals surface area contributed by atoms with Gasteiger partial charge in [-0.05, 0) is 37.9 Å². The molecule has 2 heterocycles. The highest BCUT2D eigenvalue weighted by molar-refractivity contribution is 5.92. The lowest BCUT2D eigenvalue weighted by Crippen LogP contribution is -2.47. The Labute approximate surface area is 132 Å². The Hall–Kier alpha value is -1.40. The molecule has 124 valence electrons. The maximum Gasteiger partial charge on any atom is 0.271 e. The first kappa shape index (κ1) is 17.0. The average Bonchev–Trinajstić information content (AvgIpc) is 2.88. The van der Waals surface area contributed by atoms with Gasteiger partial charge in [0.15, 0.2) is 0 Å². The smallest absolute Gasteiger partial charge is 0.271 e. The molecule has 6 nitrogen and oxygen atoms in total. The van der Waals surface area contributed by atoms with Gasteiger partial charge in [-0.25, -0.2) is 0 Å². The van der Waals surface area contributed by atoms with Crippen molar-refractivity contribution in [2.45, 2.75) is 32.6 Å². The van der Waals surface area contributed by atoms with Crippen molar-refractivity contribution in [3.63, 3.8) is 0 Å². The van der Waals surface area contributed by atoms with E-state index in [0.29, 0.717) is 24.8 Å². The van der Waals surface area contributed by atoms with Crippen LogP contribution in [0.1, 0.15) is 48.8 Å². The number of aromatic nitrogens is 2. The van der Waals surface area contributed by atoms with Crippen molar-refractivity contribution in [3.05, 3.63) is 17.5 Å². The number of hydrogen-bond donors (Lipinski definition) is 2. The van der Waals surface area contributed by atoms with Crippen LogP contribution in [0.3, 0.4) is 0 Å². The van der Waals surface area contributed by atoms with Gasteiger partial charge in [0.1, 0.15) is 5.69 Å². The Morgan fingerprint density at radius 2 is 2.18 bits per heavy atom. The summed E-state index contributed by atoms with van der Waals surface area (Å²) in [7, 11) is 3.60. The van der Waals surface area contributed by atoms with Crippen molar-refractivity contribution in [3.8, 4) is 0 Å². The van der Waals surface area contributed by atoms with E-state index >= 15 is 0 Å². The Balaban J connectivity index is 2.00. The zero-order chi connectivity index (χ0) is 16.2. The van der Waals surface area contributed by atoms with Gasteiger partial charge in [-0.2, -0.15) is 5.10 Å². The highest BCUT2D eigenvalue weighted by Crippen LogP contribution is 2.28. The van der Waals surface area contributed by atoms with E-state index in [4.69, 9.17) is 4.74 Å². The molecule has 0 unspecified atom stereocenters. The molecule has 1 aliphatic rings. The number of carbonyl (C=O) groups excluding carboxylic acids is 1. The van der Waals surface area contributed by atoms with Gasteiger partial charge in [0.05, 0.1) is 6.61 Å². The van der Waals surface area contributed by atoms with E-state index in [9.17, 15) is 4.79 Å². The minimum Gasteiger partial charge on any atom is -0.384 e. The summed E-state index contributed by atoms with van der Waals surface area (Å²) in [6.07, 6.45) is 2.03. The molecule has 0 atom stereocenters. The number of ether oxygens (including phenoxy) is 1. The molecule has 0 spiro atoms. The molecule has 0 aromatic carbocycles. The predicted molar refractivity (Wildman–Crippen MR) is 86.0 cm³/mol. The summed E-state index contributed by atoms with van der Waals surface area (Å²) < 4.78 is 7.17. The summed E-state index contributed by atoms with van der Waals surface area (Å²) in [6.45, 7) is 7.45. The normalized spacial score (nSPS) is 17.7. The minimum absolute atomic E-state index is 0.0331. The number of rotatable bonds is 6. The fourth-order valence-electron chi connectivity index (χ4n) is 3.13. The Morgan fingerprint density at radius 3 is 2.73 bits per heavy atom. The topological polar surface area (TPSA) is 68.2 Å². The van der Waals surface area contributed by atoms with Crippen LogP contribution in [-0.2, 0) is 11.8 Å². The number of piperidine rings is 1. The van der Waals surface area contributed by atoms with Crippen molar-refractivity contribution in [2.24, 2.45) is 12.5 Å². The fourth-order valence-corrected chi connectivity index (χ4v) is 3.13. The van der Waals surface area contributed by atoms with Crippen LogP contribution in [-0.4, -0.2) is 49.0 Å². The van der Waals surface area contributed by atoms with Gasteiger partial charge in [-0.15, -0.1) is 0 Å². The molecule has 6 heteroatoms. The largest absolute Gasteiger partial charge is 0.384 e. The van der Waals surface area contributed by atoms with Crippen LogP contribution in [0.2, 0.25) is 0 Å². The van der Waals surface area contributed by atoms with Gasteiger partial charge in [-0.1, -0.05) is 13.8 Å². The van der Waals surface area contributed by atoms with Gasteiger partial charge < -0.3 is 15.4 Å². The summed E-state index contributed by atoms with van der Waals surface area (Å²) in [5.41, 5.74) is 1.59. The molecule has 0 aliphatic carbocycles. The van der Waals surface area contributed by atoms with Crippen molar-refractivity contribution in [2.75, 3.05) is 33.4 Å². The second-order valence-electron chi connectivity index (χ2n) is 6.60. The third-order valence-electron chi connectivity index (χ3n) is 4.48. The Kier molecular flexibility index (Phi) is 5.58. The number of nitrogens with one attached hydrogen (secondary N) is 2. The van der Waals surface area contributed by atoms with Crippen molar-refractivity contribution < 1.29 is 9.53 Å². The van der Waals surface area contributed by atoms with E-state index in [1.54, 1.807) is 11.8 Å². The van der Waals surface area contributed by atoms with E-state index in [0.717, 1.165) is 31.6 Å². The number of methoxy groups -OCH3 is 1. The van der Waals surface area contributed by atoms with Crippen LogP contribution < -0.4 is 10.6 Å². The number of hydrogen-bond acceptors (Lipinski definition) is 4. The van der Waals surface area contributed by atoms with Gasteiger partial charge in [0.2, 0.25) is 0 Å². The highest BCUT2D eigenvalue weighted by atomic mass is 16.5. The molecule has 1 aromatic heterocycles. The van der Waals surface area contributed by atoms with Crippen LogP contribution in [0.5, 0.6) is 0 Å². The summed E-state index contributed by atoms with van der Waals surface area (Å²) >= 11 is 0. The fraction of sp³-hybridized carbons (Fsp3) is 0.750. The molecule has 1 aromatic rings. The quantitative estimate of drug-likeness (QED) is 0.831. The predicted octanol–water partition coefficient (Wildman–Crippen LogP) is 1.29. The highest BCUT2D eigenvalue weighted by Gasteiger charge is 2.32. The van der Waals surface area contributed by atoms with E-state index in [2.05, 4.69) is 29.6 Å². The standard InChI is InChI=1S/C16H28N4O2/c1-12(2)14-9-13(19-20(14)3)15(21)18-10-16(11-22-4)5-7-17-8-6-16/h9,12,17H,5-8,10-11H2,1-4H3,(H,18,21). The zero-order valence-electron chi connectivity index (χ0n) is 14.1. The molecule has 1 aliphatic heterocycles. The summed E-state index contributed by atoms with van der Waals surface area (Å²) in [5, 5.41) is 10.7. The lowest BCUT2D eigenvalue weighted by molar-refractivity contribution is 0.0510. The van der Waals surface area contributed by atoms with Crippen LogP contribution in [0.4, 0.5) is 0 Å². The third kappa shape index (κ3) is 3.87. The molecule has 0 bridgehead atoms. The van der Waals surface area contributed by atoms with Gasteiger partial charge in [0, 0.05) is 31.8 Å². The van der Waals surface area contributed by atoms with Crippen LogP contribution in [0.25, 0.3) is 0 Å². The molecule has 0 saturated carbocycles. The second-order valence-corrected chi connectivity index (χ2v) is 6.60. The SMILES string of the molecule is COCC1(CNC(=O)c2cc(C(C)C)n(C)n2)CCNCC1. The maximum atomic E-state index is 12.4. The molecule has 1 fully saturated rings. The van der Waals surface area contributed by atoms with Crippen LogP contribution >= 0.6 is 0 Å². The zero-order valence-corrected chi connectivity index (χ0v) is 14.1. The lowest BCUT2D eigenvalue weighted by Gasteiger charge is -2.37. The summed E-state index contributed by atoms with van der Waals surface area (Å²) in [6, 6.07) is 1.88. The summed E-state index contributed by atoms with van der Waals surface area (Å²) in [5.74, 6) is 0.250. The third-order valence-corrected chi connectivity index (χ3v) is 4.48. The number of carbonyl (C=O) groups is 1. The molecular weight excluding hydrogens is 280 g/mol. The first-order valence-electron chi connectivity index (χ1n) is 7.99. The molecule has 2 N–H and O–H groups in total. The monoisotopic (exact) mass is 308 g/mol. The summed E-state index contributed by atoms with van der Waals surface area (Å²) in [4.78, 5) is 12.4. The maximum absolute atomic E-state index is 12.4. The molecule has 2 rings (SSSR count). The molecular formula is C16H28N4O2. The van der Waals surface area contributed by atoms with E-state index in [-0.39, 0.29) is 11.3 Å². The first-order valence-corrected chi connectivity index (χ1v) is 7.99. The number of nitrogens with zero attached hydrogens (tertiary/aromatic N) is 2. The van der Waals surface area contributed by atoms with Crippen LogP contribution in [0, 0.1) is 5.41 Å². The van der Waals surface area contributed by atoms with E-state index in [1.807, 2.05) is 13.1 Å². The van der Waals surface area contributed by atoms with E-state index in [1.165, 1.54) is 0 Å². The van der Waals surface area contributed by atoms with Crippen LogP contribution in [0.15, 0.2) is 6.07 Å². The minimum atomic E-state index is -0.100. The number of amides is 1. The van der Waals surface area contributed by atoms with Crippen molar-refractivity contribution in [1.82, 2.24) is 20.4 Å². The van der Waals surface area contributed by atoms with Gasteiger partial charge >= 0.3 is 0 Å². The van der Waals surface area contributed by atoms with Crippen molar-refractivity contribution in [1.29, 1.82) is 0 Å².